The van der Waals surface area contributed by atoms with Gasteiger partial charge in [-0.15, -0.1) is 0 Å². The van der Waals surface area contributed by atoms with Crippen molar-refractivity contribution < 1.29 is 14.6 Å². The monoisotopic (exact) mass is 207 g/mol. The van der Waals surface area contributed by atoms with Crippen LogP contribution in [0.3, 0.4) is 0 Å². The van der Waals surface area contributed by atoms with Crippen LogP contribution in [0.5, 0.6) is 17.2 Å². The zero-order valence-corrected chi connectivity index (χ0v) is 8.32. The summed E-state index contributed by atoms with van der Waals surface area (Å²) in [6, 6.07) is 3.33. The number of rotatable bonds is 1. The predicted molar refractivity (Wildman–Crippen MR) is 53.9 cm³/mol. The second kappa shape index (κ2) is 2.79. The molecule has 15 heavy (non-hydrogen) atoms. The Morgan fingerprint density at radius 3 is 2.73 bits per heavy atom. The number of phenolic OH excluding ortho intramolecular Hbond substituents is 1. The molecule has 0 unspecified atom stereocenters. The molecule has 1 saturated carbocycles. The van der Waals surface area contributed by atoms with E-state index in [0.29, 0.717) is 17.1 Å². The van der Waals surface area contributed by atoms with Crippen LogP contribution in [0.1, 0.15) is 24.8 Å². The number of nitrogens with two attached hydrogens (primary N) is 1. The molecule has 3 N–H and O–H groups in total. The second-order valence-electron chi connectivity index (χ2n) is 4.20. The Kier molecular flexibility index (Phi) is 1.65. The topological polar surface area (TPSA) is 64.7 Å². The molecule has 1 fully saturated rings. The molecule has 0 spiro atoms. The molecule has 0 saturated heterocycles. The van der Waals surface area contributed by atoms with Crippen molar-refractivity contribution in [3.63, 3.8) is 0 Å². The normalized spacial score (nSPS) is 21.1. The fourth-order valence-corrected chi connectivity index (χ4v) is 2.25. The summed E-state index contributed by atoms with van der Waals surface area (Å²) < 4.78 is 10.6. The molecule has 1 heterocycles. The zero-order chi connectivity index (χ0) is 10.5. The first-order valence-corrected chi connectivity index (χ1v) is 5.12. The van der Waals surface area contributed by atoms with Crippen molar-refractivity contribution in [3.8, 4) is 17.2 Å². The SMILES string of the molecule is NC1(c2c(O)ccc3c2OCO3)CCC1. The Hall–Kier alpha value is -1.42. The number of aromatic hydroxyl groups is 1. The van der Waals surface area contributed by atoms with Gasteiger partial charge >= 0.3 is 0 Å². The third-order valence-corrected chi connectivity index (χ3v) is 3.26. The maximum atomic E-state index is 9.86. The summed E-state index contributed by atoms with van der Waals surface area (Å²) in [5, 5.41) is 9.86. The maximum absolute atomic E-state index is 9.86. The number of ether oxygens (including phenoxy) is 2. The molecule has 0 radical (unpaired) electrons. The third kappa shape index (κ3) is 1.11. The van der Waals surface area contributed by atoms with Crippen molar-refractivity contribution in [3.05, 3.63) is 17.7 Å². The molecule has 0 bridgehead atoms. The smallest absolute Gasteiger partial charge is 0.231 e. The number of benzene rings is 1. The summed E-state index contributed by atoms with van der Waals surface area (Å²) in [4.78, 5) is 0. The highest BCUT2D eigenvalue weighted by molar-refractivity contribution is 5.58. The summed E-state index contributed by atoms with van der Waals surface area (Å²) in [5.74, 6) is 1.51. The molecule has 1 aromatic carbocycles. The van der Waals surface area contributed by atoms with Gasteiger partial charge in [-0.25, -0.2) is 0 Å². The van der Waals surface area contributed by atoms with Gasteiger partial charge in [0.05, 0.1) is 5.56 Å². The van der Waals surface area contributed by atoms with E-state index >= 15 is 0 Å². The predicted octanol–water partition coefficient (Wildman–Crippen LogP) is 1.46. The lowest BCUT2D eigenvalue weighted by Crippen LogP contribution is -2.43. The van der Waals surface area contributed by atoms with Crippen LogP contribution >= 0.6 is 0 Å². The highest BCUT2D eigenvalue weighted by atomic mass is 16.7. The second-order valence-corrected chi connectivity index (χ2v) is 4.20. The van der Waals surface area contributed by atoms with Crippen molar-refractivity contribution in [2.24, 2.45) is 5.73 Å². The summed E-state index contributed by atoms with van der Waals surface area (Å²) in [6.45, 7) is 0.210. The van der Waals surface area contributed by atoms with E-state index in [-0.39, 0.29) is 12.5 Å². The van der Waals surface area contributed by atoms with E-state index in [1.54, 1.807) is 12.1 Å². The van der Waals surface area contributed by atoms with E-state index in [0.717, 1.165) is 19.3 Å². The Morgan fingerprint density at radius 2 is 2.07 bits per heavy atom. The number of hydrogen-bond acceptors (Lipinski definition) is 4. The van der Waals surface area contributed by atoms with Crippen LogP contribution in [0.25, 0.3) is 0 Å². The van der Waals surface area contributed by atoms with Crippen molar-refractivity contribution in [2.45, 2.75) is 24.8 Å². The minimum atomic E-state index is -0.427. The van der Waals surface area contributed by atoms with E-state index in [1.807, 2.05) is 0 Å². The zero-order valence-electron chi connectivity index (χ0n) is 8.32. The molecule has 80 valence electrons. The lowest BCUT2D eigenvalue weighted by molar-refractivity contribution is 0.168. The first-order valence-electron chi connectivity index (χ1n) is 5.12. The van der Waals surface area contributed by atoms with Crippen LogP contribution in [-0.4, -0.2) is 11.9 Å². The standard InChI is InChI=1S/C11H13NO3/c12-11(4-1-5-11)9-7(13)2-3-8-10(9)15-6-14-8/h2-3,13H,1,4-6,12H2. The third-order valence-electron chi connectivity index (χ3n) is 3.26. The van der Waals surface area contributed by atoms with Gasteiger partial charge in [-0.1, -0.05) is 0 Å². The van der Waals surface area contributed by atoms with Crippen LogP contribution in [0, 0.1) is 0 Å². The quantitative estimate of drug-likeness (QED) is 0.731. The van der Waals surface area contributed by atoms with E-state index in [4.69, 9.17) is 15.2 Å². The van der Waals surface area contributed by atoms with Gasteiger partial charge in [-0.2, -0.15) is 0 Å². The average molecular weight is 207 g/mol. The van der Waals surface area contributed by atoms with Crippen LogP contribution in [0.15, 0.2) is 12.1 Å². The number of phenols is 1. The lowest BCUT2D eigenvalue weighted by atomic mass is 9.72. The lowest BCUT2D eigenvalue weighted by Gasteiger charge is -2.39. The molecule has 2 aliphatic rings. The van der Waals surface area contributed by atoms with Crippen LogP contribution in [-0.2, 0) is 5.54 Å². The molecule has 1 aliphatic carbocycles. The number of hydrogen-bond donors (Lipinski definition) is 2. The van der Waals surface area contributed by atoms with Gasteiger partial charge in [0, 0.05) is 5.54 Å². The first kappa shape index (κ1) is 8.85. The van der Waals surface area contributed by atoms with Gasteiger partial charge in [0.2, 0.25) is 6.79 Å². The van der Waals surface area contributed by atoms with Crippen LogP contribution in [0.4, 0.5) is 0 Å². The molecule has 3 rings (SSSR count). The van der Waals surface area contributed by atoms with Crippen molar-refractivity contribution in [1.29, 1.82) is 0 Å². The fourth-order valence-electron chi connectivity index (χ4n) is 2.25. The fraction of sp³-hybridized carbons (Fsp3) is 0.455. The Balaban J connectivity index is 2.17. The molecule has 4 heteroatoms. The minimum Gasteiger partial charge on any atom is -0.507 e. The molecule has 1 aromatic rings. The van der Waals surface area contributed by atoms with Crippen LogP contribution in [0.2, 0.25) is 0 Å². The molecule has 1 aliphatic heterocycles. The molecular formula is C11H13NO3. The average Bonchev–Trinajstić information content (AvgIpc) is 2.62. The largest absolute Gasteiger partial charge is 0.507 e. The Bertz CT molecular complexity index is 413. The first-order chi connectivity index (χ1) is 7.21. The summed E-state index contributed by atoms with van der Waals surface area (Å²) in [5.41, 5.74) is 6.49. The van der Waals surface area contributed by atoms with Crippen molar-refractivity contribution in [1.82, 2.24) is 0 Å². The summed E-state index contributed by atoms with van der Waals surface area (Å²) in [6.07, 6.45) is 2.88. The van der Waals surface area contributed by atoms with Gasteiger partial charge in [0.15, 0.2) is 11.5 Å². The molecule has 0 aromatic heterocycles. The van der Waals surface area contributed by atoms with E-state index < -0.39 is 5.54 Å². The van der Waals surface area contributed by atoms with E-state index in [9.17, 15) is 5.11 Å². The van der Waals surface area contributed by atoms with Crippen LogP contribution < -0.4 is 15.2 Å². The summed E-state index contributed by atoms with van der Waals surface area (Å²) >= 11 is 0. The Morgan fingerprint density at radius 1 is 1.27 bits per heavy atom. The Labute approximate surface area is 87.6 Å². The molecule has 0 atom stereocenters. The van der Waals surface area contributed by atoms with Crippen molar-refractivity contribution in [2.75, 3.05) is 6.79 Å². The molecular weight excluding hydrogens is 194 g/mol. The number of fused-ring (bicyclic) bond motifs is 1. The van der Waals surface area contributed by atoms with Gasteiger partial charge in [0.25, 0.3) is 0 Å². The molecule has 0 amide bonds. The maximum Gasteiger partial charge on any atom is 0.231 e. The minimum absolute atomic E-state index is 0.210. The van der Waals surface area contributed by atoms with E-state index in [2.05, 4.69) is 0 Å². The van der Waals surface area contributed by atoms with E-state index in [1.165, 1.54) is 0 Å². The molecule has 4 nitrogen and oxygen atoms in total. The van der Waals surface area contributed by atoms with Gasteiger partial charge in [-0.05, 0) is 31.4 Å². The highest BCUT2D eigenvalue weighted by Crippen LogP contribution is 2.51. The van der Waals surface area contributed by atoms with Gasteiger partial charge < -0.3 is 20.3 Å². The van der Waals surface area contributed by atoms with Gasteiger partial charge in [0.1, 0.15) is 5.75 Å². The summed E-state index contributed by atoms with van der Waals surface area (Å²) in [7, 11) is 0. The highest BCUT2D eigenvalue weighted by Gasteiger charge is 2.41. The van der Waals surface area contributed by atoms with Crippen molar-refractivity contribution >= 4 is 0 Å². The van der Waals surface area contributed by atoms with Gasteiger partial charge in [-0.3, -0.25) is 0 Å².